The maximum atomic E-state index is 12.8. The molecule has 2 aliphatic rings. The number of nitrogens with one attached hydrogen (secondary N) is 2. The fourth-order valence-corrected chi connectivity index (χ4v) is 2.85. The molecule has 1 aliphatic heterocycles. The average Bonchev–Trinajstić information content (AvgIpc) is 2.73. The van der Waals surface area contributed by atoms with Crippen molar-refractivity contribution < 1.29 is 4.39 Å². The van der Waals surface area contributed by atoms with Gasteiger partial charge >= 0.3 is 0 Å². The van der Waals surface area contributed by atoms with Crippen LogP contribution < -0.4 is 10.6 Å². The SMILES string of the molecule is Fc1ccc(C2NC3CCCCC3N2)cc1. The maximum Gasteiger partial charge on any atom is 0.123 e. The van der Waals surface area contributed by atoms with Crippen LogP contribution in [0.25, 0.3) is 0 Å². The molecule has 2 unspecified atom stereocenters. The lowest BCUT2D eigenvalue weighted by Crippen LogP contribution is -2.36. The molecule has 16 heavy (non-hydrogen) atoms. The van der Waals surface area contributed by atoms with E-state index in [1.807, 2.05) is 12.1 Å². The molecule has 0 bridgehead atoms. The Kier molecular flexibility index (Phi) is 2.65. The van der Waals surface area contributed by atoms with Gasteiger partial charge in [0.1, 0.15) is 5.82 Å². The Balaban J connectivity index is 1.75. The largest absolute Gasteiger partial charge is 0.294 e. The molecule has 1 aromatic rings. The van der Waals surface area contributed by atoms with E-state index in [4.69, 9.17) is 0 Å². The molecule has 2 atom stereocenters. The Morgan fingerprint density at radius 3 is 2.06 bits per heavy atom. The van der Waals surface area contributed by atoms with Crippen LogP contribution in [0.4, 0.5) is 4.39 Å². The third-order valence-corrected chi connectivity index (χ3v) is 3.73. The first-order valence-electron chi connectivity index (χ1n) is 6.10. The summed E-state index contributed by atoms with van der Waals surface area (Å²) in [4.78, 5) is 0. The minimum Gasteiger partial charge on any atom is -0.294 e. The quantitative estimate of drug-likeness (QED) is 0.759. The van der Waals surface area contributed by atoms with Gasteiger partial charge in [0.15, 0.2) is 0 Å². The average molecular weight is 220 g/mol. The second-order valence-electron chi connectivity index (χ2n) is 4.82. The van der Waals surface area contributed by atoms with Crippen molar-refractivity contribution in [3.63, 3.8) is 0 Å². The topological polar surface area (TPSA) is 24.1 Å². The first kappa shape index (κ1) is 10.2. The summed E-state index contributed by atoms with van der Waals surface area (Å²) in [7, 11) is 0. The van der Waals surface area contributed by atoms with E-state index in [-0.39, 0.29) is 12.0 Å². The number of hydrogen-bond donors (Lipinski definition) is 2. The second-order valence-corrected chi connectivity index (χ2v) is 4.82. The molecule has 0 aromatic heterocycles. The van der Waals surface area contributed by atoms with Gasteiger partial charge in [-0.2, -0.15) is 0 Å². The van der Waals surface area contributed by atoms with Gasteiger partial charge < -0.3 is 0 Å². The van der Waals surface area contributed by atoms with Crippen LogP contribution in [-0.2, 0) is 0 Å². The molecule has 2 nitrogen and oxygen atoms in total. The van der Waals surface area contributed by atoms with E-state index in [1.54, 1.807) is 0 Å². The molecule has 1 heterocycles. The normalized spacial score (nSPS) is 33.7. The van der Waals surface area contributed by atoms with E-state index in [0.717, 1.165) is 5.56 Å². The number of fused-ring (bicyclic) bond motifs is 1. The van der Waals surface area contributed by atoms with Crippen molar-refractivity contribution >= 4 is 0 Å². The Morgan fingerprint density at radius 2 is 1.50 bits per heavy atom. The third kappa shape index (κ3) is 1.85. The van der Waals surface area contributed by atoms with Crippen molar-refractivity contribution in [3.05, 3.63) is 35.6 Å². The van der Waals surface area contributed by atoms with Gasteiger partial charge in [-0.3, -0.25) is 10.6 Å². The lowest BCUT2D eigenvalue weighted by molar-refractivity contribution is 0.374. The number of hydrogen-bond acceptors (Lipinski definition) is 2. The van der Waals surface area contributed by atoms with E-state index in [1.165, 1.54) is 37.8 Å². The third-order valence-electron chi connectivity index (χ3n) is 3.73. The van der Waals surface area contributed by atoms with Gasteiger partial charge in [-0.05, 0) is 30.5 Å². The Bertz CT molecular complexity index is 349. The molecule has 1 saturated carbocycles. The molecule has 0 spiro atoms. The van der Waals surface area contributed by atoms with Crippen molar-refractivity contribution in [1.29, 1.82) is 0 Å². The Labute approximate surface area is 95.2 Å². The standard InChI is InChI=1S/C13H17FN2/c14-10-7-5-9(6-8-10)13-15-11-3-1-2-4-12(11)16-13/h5-8,11-13,15-16H,1-4H2. The predicted octanol–water partition coefficient (Wildman–Crippen LogP) is 2.33. The fraction of sp³-hybridized carbons (Fsp3) is 0.538. The Morgan fingerprint density at radius 1 is 0.938 bits per heavy atom. The smallest absolute Gasteiger partial charge is 0.123 e. The van der Waals surface area contributed by atoms with Crippen molar-refractivity contribution in [2.24, 2.45) is 0 Å². The zero-order valence-corrected chi connectivity index (χ0v) is 9.25. The van der Waals surface area contributed by atoms with Crippen LogP contribution in [0.5, 0.6) is 0 Å². The van der Waals surface area contributed by atoms with E-state index in [0.29, 0.717) is 12.1 Å². The fourth-order valence-electron chi connectivity index (χ4n) is 2.85. The summed E-state index contributed by atoms with van der Waals surface area (Å²) >= 11 is 0. The molecule has 0 amide bonds. The zero-order chi connectivity index (χ0) is 11.0. The van der Waals surface area contributed by atoms with E-state index >= 15 is 0 Å². The van der Waals surface area contributed by atoms with Gasteiger partial charge in [-0.25, -0.2) is 4.39 Å². The molecular weight excluding hydrogens is 203 g/mol. The van der Waals surface area contributed by atoms with Gasteiger partial charge in [0.25, 0.3) is 0 Å². The molecule has 2 N–H and O–H groups in total. The molecule has 1 saturated heterocycles. The van der Waals surface area contributed by atoms with E-state index in [2.05, 4.69) is 10.6 Å². The second kappa shape index (κ2) is 4.15. The van der Waals surface area contributed by atoms with Gasteiger partial charge in [0.2, 0.25) is 0 Å². The van der Waals surface area contributed by atoms with Crippen molar-refractivity contribution in [3.8, 4) is 0 Å². The number of benzene rings is 1. The van der Waals surface area contributed by atoms with E-state index in [9.17, 15) is 4.39 Å². The van der Waals surface area contributed by atoms with Crippen molar-refractivity contribution in [2.45, 2.75) is 43.9 Å². The summed E-state index contributed by atoms with van der Waals surface area (Å²) in [6.45, 7) is 0. The predicted molar refractivity (Wildman–Crippen MR) is 61.5 cm³/mol. The van der Waals surface area contributed by atoms with Crippen LogP contribution in [0.1, 0.15) is 37.4 Å². The summed E-state index contributed by atoms with van der Waals surface area (Å²) in [6.07, 6.45) is 5.37. The highest BCUT2D eigenvalue weighted by molar-refractivity contribution is 5.21. The highest BCUT2D eigenvalue weighted by Crippen LogP contribution is 2.28. The monoisotopic (exact) mass is 220 g/mol. The minimum absolute atomic E-state index is 0.167. The molecule has 2 fully saturated rings. The first-order valence-corrected chi connectivity index (χ1v) is 6.10. The highest BCUT2D eigenvalue weighted by atomic mass is 19.1. The van der Waals surface area contributed by atoms with Crippen molar-refractivity contribution in [1.82, 2.24) is 10.6 Å². The van der Waals surface area contributed by atoms with Crippen LogP contribution >= 0.6 is 0 Å². The lowest BCUT2D eigenvalue weighted by Gasteiger charge is -2.23. The maximum absolute atomic E-state index is 12.8. The van der Waals surface area contributed by atoms with Gasteiger partial charge in [-0.1, -0.05) is 25.0 Å². The molecule has 86 valence electrons. The summed E-state index contributed by atoms with van der Waals surface area (Å²) in [5.41, 5.74) is 1.14. The number of halogens is 1. The molecule has 3 rings (SSSR count). The summed E-state index contributed by atoms with van der Waals surface area (Å²) in [6, 6.07) is 7.98. The number of rotatable bonds is 1. The summed E-state index contributed by atoms with van der Waals surface area (Å²) in [5.74, 6) is -0.167. The summed E-state index contributed by atoms with van der Waals surface area (Å²) in [5, 5.41) is 7.19. The highest BCUT2D eigenvalue weighted by Gasteiger charge is 2.34. The molecular formula is C13H17FN2. The van der Waals surface area contributed by atoms with Crippen LogP contribution in [0.15, 0.2) is 24.3 Å². The van der Waals surface area contributed by atoms with Crippen LogP contribution in [-0.4, -0.2) is 12.1 Å². The molecule has 1 aromatic carbocycles. The van der Waals surface area contributed by atoms with E-state index < -0.39 is 0 Å². The van der Waals surface area contributed by atoms with Gasteiger partial charge in [0, 0.05) is 12.1 Å². The zero-order valence-electron chi connectivity index (χ0n) is 9.25. The van der Waals surface area contributed by atoms with Gasteiger partial charge in [0.05, 0.1) is 6.17 Å². The first-order chi connectivity index (χ1) is 7.83. The minimum atomic E-state index is -0.167. The van der Waals surface area contributed by atoms with Crippen LogP contribution in [0.3, 0.4) is 0 Å². The molecule has 0 radical (unpaired) electrons. The lowest BCUT2D eigenvalue weighted by atomic mass is 9.92. The molecule has 1 aliphatic carbocycles. The van der Waals surface area contributed by atoms with Crippen LogP contribution in [0.2, 0.25) is 0 Å². The van der Waals surface area contributed by atoms with Gasteiger partial charge in [-0.15, -0.1) is 0 Å². The summed E-state index contributed by atoms with van der Waals surface area (Å²) < 4.78 is 12.8. The molecule has 3 heteroatoms. The van der Waals surface area contributed by atoms with Crippen LogP contribution in [0, 0.1) is 5.82 Å². The Hall–Kier alpha value is -0.930. The van der Waals surface area contributed by atoms with Crippen molar-refractivity contribution in [2.75, 3.05) is 0 Å².